The van der Waals surface area contributed by atoms with Crippen molar-refractivity contribution in [1.82, 2.24) is 14.9 Å². The Bertz CT molecular complexity index is 612. The summed E-state index contributed by atoms with van der Waals surface area (Å²) >= 11 is 0. The van der Waals surface area contributed by atoms with Crippen LogP contribution in [0.5, 0.6) is 5.75 Å². The number of hydrogen-bond donors (Lipinski definition) is 1. The van der Waals surface area contributed by atoms with Crippen LogP contribution in [0.25, 0.3) is 0 Å². The maximum atomic E-state index is 6.00. The van der Waals surface area contributed by atoms with E-state index >= 15 is 0 Å². The fourth-order valence-electron chi connectivity index (χ4n) is 3.09. The van der Waals surface area contributed by atoms with Gasteiger partial charge in [-0.3, -0.25) is 0 Å². The van der Waals surface area contributed by atoms with E-state index in [4.69, 9.17) is 4.74 Å². The van der Waals surface area contributed by atoms with Crippen LogP contribution < -0.4 is 10.1 Å². The third kappa shape index (κ3) is 4.35. The molecule has 1 aromatic heterocycles. The predicted octanol–water partition coefficient (Wildman–Crippen LogP) is 3.61. The van der Waals surface area contributed by atoms with Crippen molar-refractivity contribution in [1.29, 1.82) is 0 Å². The molecule has 2 aromatic rings. The van der Waals surface area contributed by atoms with Crippen LogP contribution in [0, 0.1) is 13.8 Å². The Hall–Kier alpha value is -1.81. The fraction of sp³-hybridized carbons (Fsp3) is 0.526. The van der Waals surface area contributed by atoms with E-state index in [2.05, 4.69) is 53.0 Å². The van der Waals surface area contributed by atoms with Gasteiger partial charge in [0, 0.05) is 25.3 Å². The normalized spacial score (nSPS) is 15.2. The first kappa shape index (κ1) is 16.1. The average Bonchev–Trinajstić information content (AvgIpc) is 3.18. The standard InChI is InChI=1S/C19H27N3O/c1-15-16(2)22(14-21-15)12-11-20-13-17-7-9-19(10-8-17)23-18-5-3-4-6-18/h7-10,14,18,20H,3-6,11-13H2,1-2H3. The molecule has 23 heavy (non-hydrogen) atoms. The molecule has 3 rings (SSSR count). The van der Waals surface area contributed by atoms with E-state index in [0.717, 1.165) is 31.1 Å². The molecule has 0 saturated heterocycles. The zero-order valence-corrected chi connectivity index (χ0v) is 14.2. The summed E-state index contributed by atoms with van der Waals surface area (Å²) in [5.41, 5.74) is 3.66. The molecule has 1 aliphatic rings. The van der Waals surface area contributed by atoms with Gasteiger partial charge in [0.05, 0.1) is 18.1 Å². The van der Waals surface area contributed by atoms with E-state index in [1.54, 1.807) is 0 Å². The third-order valence-electron chi connectivity index (χ3n) is 4.73. The van der Waals surface area contributed by atoms with Crippen molar-refractivity contribution in [3.8, 4) is 5.75 Å². The number of aryl methyl sites for hydroxylation is 1. The zero-order valence-electron chi connectivity index (χ0n) is 14.2. The molecule has 1 heterocycles. The number of hydrogen-bond acceptors (Lipinski definition) is 3. The van der Waals surface area contributed by atoms with Gasteiger partial charge < -0.3 is 14.6 Å². The minimum atomic E-state index is 0.431. The average molecular weight is 313 g/mol. The molecule has 0 atom stereocenters. The van der Waals surface area contributed by atoms with E-state index in [9.17, 15) is 0 Å². The Morgan fingerprint density at radius 3 is 2.57 bits per heavy atom. The molecule has 4 nitrogen and oxygen atoms in total. The second-order valence-corrected chi connectivity index (χ2v) is 6.45. The Kier molecular flexibility index (Phi) is 5.34. The Labute approximate surface area is 138 Å². The Morgan fingerprint density at radius 2 is 1.91 bits per heavy atom. The molecule has 0 aliphatic heterocycles. The first-order chi connectivity index (χ1) is 11.2. The van der Waals surface area contributed by atoms with Crippen LogP contribution in [0.4, 0.5) is 0 Å². The second kappa shape index (κ2) is 7.64. The Balaban J connectivity index is 1.40. The first-order valence-electron chi connectivity index (χ1n) is 8.67. The van der Waals surface area contributed by atoms with Gasteiger partial charge in [-0.1, -0.05) is 12.1 Å². The summed E-state index contributed by atoms with van der Waals surface area (Å²) in [4.78, 5) is 4.33. The zero-order chi connectivity index (χ0) is 16.1. The van der Waals surface area contributed by atoms with Gasteiger partial charge in [0.15, 0.2) is 0 Å². The van der Waals surface area contributed by atoms with Crippen LogP contribution in [0.1, 0.15) is 42.6 Å². The first-order valence-corrected chi connectivity index (χ1v) is 8.67. The van der Waals surface area contributed by atoms with E-state index in [1.807, 2.05) is 6.33 Å². The van der Waals surface area contributed by atoms with Crippen LogP contribution in [0.15, 0.2) is 30.6 Å². The molecule has 124 valence electrons. The Morgan fingerprint density at radius 1 is 1.17 bits per heavy atom. The number of ether oxygens (including phenoxy) is 1. The molecular formula is C19H27N3O. The van der Waals surface area contributed by atoms with Crippen molar-refractivity contribution >= 4 is 0 Å². The number of rotatable bonds is 7. The lowest BCUT2D eigenvalue weighted by atomic mass is 10.2. The van der Waals surface area contributed by atoms with E-state index in [-0.39, 0.29) is 0 Å². The van der Waals surface area contributed by atoms with Gasteiger partial charge in [0.2, 0.25) is 0 Å². The minimum absolute atomic E-state index is 0.431. The number of nitrogens with one attached hydrogen (secondary N) is 1. The monoisotopic (exact) mass is 313 g/mol. The second-order valence-electron chi connectivity index (χ2n) is 6.45. The largest absolute Gasteiger partial charge is 0.490 e. The summed E-state index contributed by atoms with van der Waals surface area (Å²) in [6.07, 6.45) is 7.38. The van der Waals surface area contributed by atoms with E-state index < -0.39 is 0 Å². The lowest BCUT2D eigenvalue weighted by Crippen LogP contribution is -2.19. The van der Waals surface area contributed by atoms with E-state index in [0.29, 0.717) is 6.10 Å². The number of aromatic nitrogens is 2. The van der Waals surface area contributed by atoms with Gasteiger partial charge in [-0.15, -0.1) is 0 Å². The molecule has 0 radical (unpaired) electrons. The van der Waals surface area contributed by atoms with Gasteiger partial charge in [0.25, 0.3) is 0 Å². The van der Waals surface area contributed by atoms with Gasteiger partial charge in [-0.25, -0.2) is 4.98 Å². The summed E-state index contributed by atoms with van der Waals surface area (Å²) in [7, 11) is 0. The molecular weight excluding hydrogens is 286 g/mol. The van der Waals surface area contributed by atoms with Crippen molar-refractivity contribution < 1.29 is 4.74 Å². The molecule has 1 saturated carbocycles. The van der Waals surface area contributed by atoms with Crippen LogP contribution in [0.3, 0.4) is 0 Å². The van der Waals surface area contributed by atoms with Crippen molar-refractivity contribution in [2.45, 2.75) is 58.7 Å². The van der Waals surface area contributed by atoms with Crippen molar-refractivity contribution in [2.24, 2.45) is 0 Å². The predicted molar refractivity (Wildman–Crippen MR) is 92.7 cm³/mol. The summed E-state index contributed by atoms with van der Waals surface area (Å²) < 4.78 is 8.19. The topological polar surface area (TPSA) is 39.1 Å². The summed E-state index contributed by atoms with van der Waals surface area (Å²) in [6.45, 7) is 6.95. The molecule has 0 spiro atoms. The highest BCUT2D eigenvalue weighted by Gasteiger charge is 2.16. The maximum Gasteiger partial charge on any atom is 0.119 e. The highest BCUT2D eigenvalue weighted by molar-refractivity contribution is 5.27. The molecule has 1 aromatic carbocycles. The minimum Gasteiger partial charge on any atom is -0.490 e. The molecule has 1 aliphatic carbocycles. The molecule has 0 unspecified atom stereocenters. The van der Waals surface area contributed by atoms with Gasteiger partial charge in [-0.05, 0) is 57.2 Å². The van der Waals surface area contributed by atoms with Crippen molar-refractivity contribution in [3.05, 3.63) is 47.5 Å². The van der Waals surface area contributed by atoms with Crippen LogP contribution in [-0.2, 0) is 13.1 Å². The molecule has 0 bridgehead atoms. The molecule has 1 N–H and O–H groups in total. The van der Waals surface area contributed by atoms with Crippen LogP contribution >= 0.6 is 0 Å². The maximum absolute atomic E-state index is 6.00. The molecule has 1 fully saturated rings. The van der Waals surface area contributed by atoms with Crippen LogP contribution in [0.2, 0.25) is 0 Å². The number of benzene rings is 1. The fourth-order valence-corrected chi connectivity index (χ4v) is 3.09. The summed E-state index contributed by atoms with van der Waals surface area (Å²) in [5, 5.41) is 3.49. The highest BCUT2D eigenvalue weighted by Crippen LogP contribution is 2.24. The SMILES string of the molecule is Cc1ncn(CCNCc2ccc(OC3CCCC3)cc2)c1C. The third-order valence-corrected chi connectivity index (χ3v) is 4.73. The quantitative estimate of drug-likeness (QED) is 0.794. The molecule has 4 heteroatoms. The lowest BCUT2D eigenvalue weighted by molar-refractivity contribution is 0.210. The highest BCUT2D eigenvalue weighted by atomic mass is 16.5. The van der Waals surface area contributed by atoms with Gasteiger partial charge in [0.1, 0.15) is 5.75 Å². The summed E-state index contributed by atoms with van der Waals surface area (Å²) in [6, 6.07) is 8.51. The van der Waals surface area contributed by atoms with E-state index in [1.165, 1.54) is 36.9 Å². The molecule has 0 amide bonds. The van der Waals surface area contributed by atoms with Gasteiger partial charge in [-0.2, -0.15) is 0 Å². The van der Waals surface area contributed by atoms with Crippen molar-refractivity contribution in [3.63, 3.8) is 0 Å². The van der Waals surface area contributed by atoms with Gasteiger partial charge >= 0.3 is 0 Å². The summed E-state index contributed by atoms with van der Waals surface area (Å²) in [5.74, 6) is 1.00. The number of nitrogens with zero attached hydrogens (tertiary/aromatic N) is 2. The van der Waals surface area contributed by atoms with Crippen molar-refractivity contribution in [2.75, 3.05) is 6.54 Å². The smallest absolute Gasteiger partial charge is 0.119 e. The lowest BCUT2D eigenvalue weighted by Gasteiger charge is -2.13. The number of imidazole rings is 1. The van der Waals surface area contributed by atoms with Crippen LogP contribution in [-0.4, -0.2) is 22.2 Å².